The average Bonchev–Trinajstić information content (AvgIpc) is 3.20. The Morgan fingerprint density at radius 1 is 1.29 bits per heavy atom. The van der Waals surface area contributed by atoms with E-state index in [1.807, 2.05) is 5.38 Å². The average molecular weight is 322 g/mol. The highest BCUT2D eigenvalue weighted by Gasteiger charge is 2.27. The van der Waals surface area contributed by atoms with Crippen molar-refractivity contribution >= 4 is 27.3 Å². The zero-order valence-electron chi connectivity index (χ0n) is 11.2. The van der Waals surface area contributed by atoms with Crippen LogP contribution in [0.1, 0.15) is 29.5 Å². The normalized spacial score (nSPS) is 14.9. The van der Waals surface area contributed by atoms with Crippen molar-refractivity contribution in [2.45, 2.75) is 30.1 Å². The van der Waals surface area contributed by atoms with Gasteiger partial charge in [0, 0.05) is 11.3 Å². The fourth-order valence-electron chi connectivity index (χ4n) is 1.93. The lowest BCUT2D eigenvalue weighted by atomic mass is 10.3. The number of benzene rings is 1. The van der Waals surface area contributed by atoms with Crippen molar-refractivity contribution in [3.05, 3.63) is 46.4 Å². The summed E-state index contributed by atoms with van der Waals surface area (Å²) in [4.78, 5) is 16.3. The Kier molecular flexibility index (Phi) is 3.77. The molecule has 1 N–H and O–H groups in total. The second-order valence-corrected chi connectivity index (χ2v) is 7.54. The van der Waals surface area contributed by atoms with Crippen molar-refractivity contribution in [2.24, 2.45) is 0 Å². The summed E-state index contributed by atoms with van der Waals surface area (Å²) in [6.07, 6.45) is 2.29. The molecule has 1 fully saturated rings. The third kappa shape index (κ3) is 3.48. The fourth-order valence-corrected chi connectivity index (χ4v) is 3.93. The molecule has 7 heteroatoms. The molecule has 110 valence electrons. The van der Waals surface area contributed by atoms with Crippen LogP contribution in [0.2, 0.25) is 0 Å². The van der Waals surface area contributed by atoms with E-state index in [4.69, 9.17) is 0 Å². The third-order valence-corrected chi connectivity index (χ3v) is 5.58. The van der Waals surface area contributed by atoms with Crippen LogP contribution in [0.3, 0.4) is 0 Å². The SMILES string of the molecule is O=C(Cc1csc(C2CC2)n1)NS(=O)(=O)c1ccccc1. The van der Waals surface area contributed by atoms with E-state index in [9.17, 15) is 13.2 Å². The molecule has 1 amide bonds. The van der Waals surface area contributed by atoms with Crippen LogP contribution in [0.25, 0.3) is 0 Å². The van der Waals surface area contributed by atoms with Gasteiger partial charge in [-0.3, -0.25) is 4.79 Å². The van der Waals surface area contributed by atoms with Crippen molar-refractivity contribution in [3.63, 3.8) is 0 Å². The predicted octanol–water partition coefficient (Wildman–Crippen LogP) is 2.07. The van der Waals surface area contributed by atoms with Crippen LogP contribution in [0.5, 0.6) is 0 Å². The summed E-state index contributed by atoms with van der Waals surface area (Å²) < 4.78 is 26.1. The number of hydrogen-bond donors (Lipinski definition) is 1. The first-order chi connectivity index (χ1) is 10.0. The molecule has 21 heavy (non-hydrogen) atoms. The van der Waals surface area contributed by atoms with Crippen LogP contribution < -0.4 is 4.72 Å². The maximum Gasteiger partial charge on any atom is 0.264 e. The minimum atomic E-state index is -3.80. The molecule has 0 saturated heterocycles. The van der Waals surface area contributed by atoms with Gasteiger partial charge in [0.2, 0.25) is 5.91 Å². The summed E-state index contributed by atoms with van der Waals surface area (Å²) in [6.45, 7) is 0. The van der Waals surface area contributed by atoms with Gasteiger partial charge in [-0.15, -0.1) is 11.3 Å². The summed E-state index contributed by atoms with van der Waals surface area (Å²) in [7, 11) is -3.80. The molecule has 5 nitrogen and oxygen atoms in total. The summed E-state index contributed by atoms with van der Waals surface area (Å²) in [5.74, 6) is -0.0219. The first-order valence-electron chi connectivity index (χ1n) is 6.59. The van der Waals surface area contributed by atoms with Crippen molar-refractivity contribution in [1.82, 2.24) is 9.71 Å². The largest absolute Gasteiger partial charge is 0.274 e. The molecule has 1 aromatic heterocycles. The van der Waals surface area contributed by atoms with Gasteiger partial charge in [0.25, 0.3) is 10.0 Å². The Labute approximate surface area is 127 Å². The van der Waals surface area contributed by atoms with E-state index in [1.165, 1.54) is 23.5 Å². The van der Waals surface area contributed by atoms with Crippen molar-refractivity contribution in [3.8, 4) is 0 Å². The molecular formula is C14H14N2O3S2. The Bertz CT molecular complexity index is 750. The predicted molar refractivity (Wildman–Crippen MR) is 79.6 cm³/mol. The molecule has 1 aliphatic rings. The number of amides is 1. The van der Waals surface area contributed by atoms with Crippen LogP contribution in [-0.4, -0.2) is 19.3 Å². The Balaban J connectivity index is 1.65. The van der Waals surface area contributed by atoms with Gasteiger partial charge in [-0.1, -0.05) is 18.2 Å². The first-order valence-corrected chi connectivity index (χ1v) is 8.96. The number of carbonyl (C=O) groups is 1. The molecule has 0 spiro atoms. The summed E-state index contributed by atoms with van der Waals surface area (Å²) in [6, 6.07) is 7.84. The molecule has 0 unspecified atom stereocenters. The van der Waals surface area contributed by atoms with Crippen LogP contribution in [0.4, 0.5) is 0 Å². The van der Waals surface area contributed by atoms with Crippen molar-refractivity contribution < 1.29 is 13.2 Å². The molecule has 0 bridgehead atoms. The van der Waals surface area contributed by atoms with E-state index in [0.717, 1.165) is 17.8 Å². The molecule has 1 aliphatic carbocycles. The monoisotopic (exact) mass is 322 g/mol. The molecule has 2 aromatic rings. The summed E-state index contributed by atoms with van der Waals surface area (Å²) >= 11 is 1.54. The van der Waals surface area contributed by atoms with Gasteiger partial charge in [-0.05, 0) is 25.0 Å². The van der Waals surface area contributed by atoms with Crippen LogP contribution in [-0.2, 0) is 21.2 Å². The zero-order valence-corrected chi connectivity index (χ0v) is 12.8. The van der Waals surface area contributed by atoms with Crippen molar-refractivity contribution in [1.29, 1.82) is 0 Å². The fraction of sp³-hybridized carbons (Fsp3) is 0.286. The van der Waals surface area contributed by atoms with Gasteiger partial charge >= 0.3 is 0 Å². The van der Waals surface area contributed by atoms with Gasteiger partial charge in [0.15, 0.2) is 0 Å². The molecule has 3 rings (SSSR count). The number of aromatic nitrogens is 1. The maximum absolute atomic E-state index is 12.0. The van der Waals surface area contributed by atoms with E-state index in [0.29, 0.717) is 11.6 Å². The van der Waals surface area contributed by atoms with Crippen LogP contribution in [0, 0.1) is 0 Å². The van der Waals surface area contributed by atoms with Crippen LogP contribution in [0.15, 0.2) is 40.6 Å². The van der Waals surface area contributed by atoms with E-state index < -0.39 is 15.9 Å². The van der Waals surface area contributed by atoms with Gasteiger partial charge in [0.1, 0.15) is 0 Å². The number of thiazole rings is 1. The van der Waals surface area contributed by atoms with E-state index in [-0.39, 0.29) is 11.3 Å². The number of hydrogen-bond acceptors (Lipinski definition) is 5. The molecule has 1 heterocycles. The van der Waals surface area contributed by atoms with Crippen molar-refractivity contribution in [2.75, 3.05) is 0 Å². The lowest BCUT2D eigenvalue weighted by Crippen LogP contribution is -2.31. The zero-order chi connectivity index (χ0) is 14.9. The van der Waals surface area contributed by atoms with Crippen LogP contribution >= 0.6 is 11.3 Å². The maximum atomic E-state index is 12.0. The van der Waals surface area contributed by atoms with Gasteiger partial charge in [-0.25, -0.2) is 18.1 Å². The minimum Gasteiger partial charge on any atom is -0.274 e. The van der Waals surface area contributed by atoms with E-state index in [2.05, 4.69) is 9.71 Å². The highest BCUT2D eigenvalue weighted by molar-refractivity contribution is 7.90. The Morgan fingerprint density at radius 3 is 2.67 bits per heavy atom. The lowest BCUT2D eigenvalue weighted by Gasteiger charge is -2.05. The molecule has 1 aromatic carbocycles. The highest BCUT2D eigenvalue weighted by Crippen LogP contribution is 2.41. The Hall–Kier alpha value is -1.73. The lowest BCUT2D eigenvalue weighted by molar-refractivity contribution is -0.118. The highest BCUT2D eigenvalue weighted by atomic mass is 32.2. The third-order valence-electron chi connectivity index (χ3n) is 3.14. The number of nitrogens with zero attached hydrogens (tertiary/aromatic N) is 1. The summed E-state index contributed by atoms with van der Waals surface area (Å²) in [5, 5.41) is 2.87. The topological polar surface area (TPSA) is 76.1 Å². The smallest absolute Gasteiger partial charge is 0.264 e. The Morgan fingerprint density at radius 2 is 2.00 bits per heavy atom. The van der Waals surface area contributed by atoms with Gasteiger partial charge in [-0.2, -0.15) is 0 Å². The molecule has 1 saturated carbocycles. The second kappa shape index (κ2) is 5.57. The number of carbonyl (C=O) groups excluding carboxylic acids is 1. The second-order valence-electron chi connectivity index (χ2n) is 4.97. The number of sulfonamides is 1. The minimum absolute atomic E-state index is 0.0186. The molecular weight excluding hydrogens is 308 g/mol. The molecule has 0 atom stereocenters. The van der Waals surface area contributed by atoms with E-state index >= 15 is 0 Å². The first kappa shape index (κ1) is 14.2. The quantitative estimate of drug-likeness (QED) is 0.914. The molecule has 0 radical (unpaired) electrons. The van der Waals surface area contributed by atoms with Gasteiger partial charge < -0.3 is 0 Å². The molecule has 0 aliphatic heterocycles. The van der Waals surface area contributed by atoms with Gasteiger partial charge in [0.05, 0.1) is 22.0 Å². The number of nitrogens with one attached hydrogen (secondary N) is 1. The van der Waals surface area contributed by atoms with E-state index in [1.54, 1.807) is 18.2 Å². The standard InChI is InChI=1S/C14H14N2O3S2/c17-13(8-11-9-20-14(15-11)10-6-7-10)16-21(18,19)12-4-2-1-3-5-12/h1-5,9-10H,6-8H2,(H,16,17). The number of rotatable bonds is 5. The summed E-state index contributed by atoms with van der Waals surface area (Å²) in [5.41, 5.74) is 0.627.